The number of amides is 2. The summed E-state index contributed by atoms with van der Waals surface area (Å²) in [6.45, 7) is 1.93. The minimum absolute atomic E-state index is 0.0559. The van der Waals surface area contributed by atoms with Crippen molar-refractivity contribution in [3.05, 3.63) is 92.6 Å². The van der Waals surface area contributed by atoms with Crippen LogP contribution in [0.3, 0.4) is 0 Å². The molecule has 0 aliphatic rings. The van der Waals surface area contributed by atoms with Crippen molar-refractivity contribution < 1.29 is 14.0 Å². The van der Waals surface area contributed by atoms with Crippen molar-refractivity contribution in [3.63, 3.8) is 0 Å². The van der Waals surface area contributed by atoms with E-state index in [1.54, 1.807) is 25.1 Å². The minimum Gasteiger partial charge on any atom is -0.354 e. The number of H-pyrrole nitrogens is 1. The standard InChI is InChI=1S/C24H20FN5O4/c1-3-30-23(33)18-6-4-13(11-20(18)29-24(30)34)14-8-15(10-16(25)9-14)21(31)28-17-5-7-19(27-12-17)22(32)26-2/h4-12H,3H2,1-2H3,(H,26,32)(H,28,31)(H,29,34). The molecule has 0 unspecified atom stereocenters. The average Bonchev–Trinajstić information content (AvgIpc) is 2.83. The first-order valence-corrected chi connectivity index (χ1v) is 10.4. The summed E-state index contributed by atoms with van der Waals surface area (Å²) >= 11 is 0. The first-order chi connectivity index (χ1) is 16.3. The molecule has 3 N–H and O–H groups in total. The fraction of sp³-hybridized carbons (Fsp3) is 0.125. The molecule has 34 heavy (non-hydrogen) atoms. The van der Waals surface area contributed by atoms with Crippen LogP contribution in [-0.2, 0) is 6.54 Å². The van der Waals surface area contributed by atoms with Crippen molar-refractivity contribution in [1.82, 2.24) is 19.9 Å². The molecule has 0 fully saturated rings. The lowest BCUT2D eigenvalue weighted by atomic mass is 10.0. The van der Waals surface area contributed by atoms with Crippen molar-refractivity contribution in [2.24, 2.45) is 0 Å². The topological polar surface area (TPSA) is 126 Å². The van der Waals surface area contributed by atoms with Gasteiger partial charge in [-0.2, -0.15) is 0 Å². The van der Waals surface area contributed by atoms with Crippen LogP contribution in [0.25, 0.3) is 22.0 Å². The molecular formula is C24H20FN5O4. The smallest absolute Gasteiger partial charge is 0.328 e. The molecule has 2 aromatic heterocycles. The second-order valence-corrected chi connectivity index (χ2v) is 7.43. The monoisotopic (exact) mass is 461 g/mol. The van der Waals surface area contributed by atoms with Crippen molar-refractivity contribution in [2.75, 3.05) is 12.4 Å². The van der Waals surface area contributed by atoms with Crippen LogP contribution in [0.5, 0.6) is 0 Å². The third kappa shape index (κ3) is 4.33. The molecule has 0 aliphatic heterocycles. The molecule has 0 atom stereocenters. The Balaban J connectivity index is 1.66. The number of benzene rings is 2. The summed E-state index contributed by atoms with van der Waals surface area (Å²) in [4.78, 5) is 55.6. The highest BCUT2D eigenvalue weighted by atomic mass is 19.1. The molecular weight excluding hydrogens is 441 g/mol. The first-order valence-electron chi connectivity index (χ1n) is 10.4. The predicted molar refractivity (Wildman–Crippen MR) is 125 cm³/mol. The van der Waals surface area contributed by atoms with E-state index in [0.717, 1.165) is 10.6 Å². The van der Waals surface area contributed by atoms with Crippen LogP contribution in [-0.4, -0.2) is 33.4 Å². The number of pyridine rings is 1. The average molecular weight is 461 g/mol. The third-order valence-electron chi connectivity index (χ3n) is 5.27. The van der Waals surface area contributed by atoms with E-state index in [-0.39, 0.29) is 23.7 Å². The number of hydrogen-bond donors (Lipinski definition) is 3. The molecule has 0 radical (unpaired) electrons. The zero-order chi connectivity index (χ0) is 24.4. The quantitative estimate of drug-likeness (QED) is 0.421. The maximum absolute atomic E-state index is 14.4. The highest BCUT2D eigenvalue weighted by molar-refractivity contribution is 6.05. The molecule has 172 valence electrons. The van der Waals surface area contributed by atoms with Gasteiger partial charge >= 0.3 is 5.69 Å². The fourth-order valence-corrected chi connectivity index (χ4v) is 3.54. The van der Waals surface area contributed by atoms with E-state index in [2.05, 4.69) is 20.6 Å². The fourth-order valence-electron chi connectivity index (χ4n) is 3.54. The summed E-state index contributed by atoms with van der Waals surface area (Å²) in [6.07, 6.45) is 1.32. The summed E-state index contributed by atoms with van der Waals surface area (Å²) in [5.74, 6) is -1.57. The molecule has 4 aromatic rings. The number of halogens is 1. The highest BCUT2D eigenvalue weighted by Crippen LogP contribution is 2.25. The Bertz CT molecular complexity index is 1540. The third-order valence-corrected chi connectivity index (χ3v) is 5.27. The van der Waals surface area contributed by atoms with E-state index in [4.69, 9.17) is 0 Å². The summed E-state index contributed by atoms with van der Waals surface area (Å²) in [5.41, 5.74) is 0.848. The van der Waals surface area contributed by atoms with Crippen LogP contribution in [0, 0.1) is 5.82 Å². The molecule has 10 heteroatoms. The zero-order valence-electron chi connectivity index (χ0n) is 18.3. The van der Waals surface area contributed by atoms with Gasteiger partial charge in [-0.3, -0.25) is 19.0 Å². The Kier molecular flexibility index (Phi) is 6.05. The van der Waals surface area contributed by atoms with E-state index in [1.165, 1.54) is 37.5 Å². The van der Waals surface area contributed by atoms with E-state index in [9.17, 15) is 23.6 Å². The number of aromatic amines is 1. The second kappa shape index (κ2) is 9.10. The normalized spacial score (nSPS) is 10.8. The predicted octanol–water partition coefficient (Wildman–Crippen LogP) is 2.52. The van der Waals surface area contributed by atoms with Crippen LogP contribution in [0.4, 0.5) is 10.1 Å². The number of hydrogen-bond acceptors (Lipinski definition) is 5. The van der Waals surface area contributed by atoms with Gasteiger partial charge in [-0.1, -0.05) is 6.07 Å². The van der Waals surface area contributed by atoms with Gasteiger partial charge in [0.2, 0.25) is 0 Å². The van der Waals surface area contributed by atoms with Crippen LogP contribution in [0.15, 0.2) is 64.3 Å². The molecule has 2 aromatic carbocycles. The first kappa shape index (κ1) is 22.6. The van der Waals surface area contributed by atoms with Crippen LogP contribution < -0.4 is 21.9 Å². The van der Waals surface area contributed by atoms with Gasteiger partial charge in [-0.25, -0.2) is 14.2 Å². The molecule has 0 bridgehead atoms. The van der Waals surface area contributed by atoms with Gasteiger partial charge in [-0.05, 0) is 60.5 Å². The van der Waals surface area contributed by atoms with Crippen molar-refractivity contribution in [1.29, 1.82) is 0 Å². The summed E-state index contributed by atoms with van der Waals surface area (Å²) in [5, 5.41) is 5.39. The Morgan fingerprint density at radius 2 is 1.82 bits per heavy atom. The number of carbonyl (C=O) groups excluding carboxylic acids is 2. The molecule has 4 rings (SSSR count). The zero-order valence-corrected chi connectivity index (χ0v) is 18.3. The Morgan fingerprint density at radius 3 is 2.50 bits per heavy atom. The number of anilines is 1. The number of nitrogens with one attached hydrogen (secondary N) is 3. The van der Waals surface area contributed by atoms with Gasteiger partial charge < -0.3 is 15.6 Å². The molecule has 0 saturated heterocycles. The maximum Gasteiger partial charge on any atom is 0.328 e. The number of aromatic nitrogens is 3. The van der Waals surface area contributed by atoms with Gasteiger partial charge in [0.1, 0.15) is 11.5 Å². The van der Waals surface area contributed by atoms with Crippen LogP contribution >= 0.6 is 0 Å². The van der Waals surface area contributed by atoms with Crippen LogP contribution in [0.2, 0.25) is 0 Å². The summed E-state index contributed by atoms with van der Waals surface area (Å²) in [7, 11) is 1.48. The van der Waals surface area contributed by atoms with E-state index in [0.29, 0.717) is 27.7 Å². The Hall–Kier alpha value is -4.60. The van der Waals surface area contributed by atoms with Crippen LogP contribution in [0.1, 0.15) is 27.8 Å². The molecule has 0 aliphatic carbocycles. The Labute approximate surface area is 192 Å². The lowest BCUT2D eigenvalue weighted by Crippen LogP contribution is -2.34. The maximum atomic E-state index is 14.4. The van der Waals surface area contributed by atoms with Crippen molar-refractivity contribution in [2.45, 2.75) is 13.5 Å². The molecule has 0 saturated carbocycles. The highest BCUT2D eigenvalue weighted by Gasteiger charge is 2.13. The minimum atomic E-state index is -0.634. The molecule has 0 spiro atoms. The number of fused-ring (bicyclic) bond motifs is 1. The molecule has 2 heterocycles. The van der Waals surface area contributed by atoms with Gasteiger partial charge in [0, 0.05) is 19.2 Å². The second-order valence-electron chi connectivity index (χ2n) is 7.43. The van der Waals surface area contributed by atoms with E-state index >= 15 is 0 Å². The number of carbonyl (C=O) groups is 2. The number of nitrogens with zero attached hydrogens (tertiary/aromatic N) is 2. The van der Waals surface area contributed by atoms with Gasteiger partial charge in [0.05, 0.1) is 22.8 Å². The largest absolute Gasteiger partial charge is 0.354 e. The lowest BCUT2D eigenvalue weighted by molar-refractivity contribution is 0.0957. The Morgan fingerprint density at radius 1 is 1.03 bits per heavy atom. The van der Waals surface area contributed by atoms with E-state index < -0.39 is 23.0 Å². The number of rotatable bonds is 5. The summed E-state index contributed by atoms with van der Waals surface area (Å²) < 4.78 is 15.5. The lowest BCUT2D eigenvalue weighted by Gasteiger charge is -2.10. The van der Waals surface area contributed by atoms with Gasteiger partial charge in [0.25, 0.3) is 17.4 Å². The molecule has 2 amide bonds. The van der Waals surface area contributed by atoms with Gasteiger partial charge in [-0.15, -0.1) is 0 Å². The SMILES string of the molecule is CCn1c(=O)[nH]c2cc(-c3cc(F)cc(C(=O)Nc4ccc(C(=O)NC)nc4)c3)ccc2c1=O. The van der Waals surface area contributed by atoms with E-state index in [1.807, 2.05) is 0 Å². The van der Waals surface area contributed by atoms with Crippen molar-refractivity contribution in [3.8, 4) is 11.1 Å². The summed E-state index contributed by atoms with van der Waals surface area (Å²) in [6, 6.07) is 11.6. The van der Waals surface area contributed by atoms with Gasteiger partial charge in [0.15, 0.2) is 0 Å². The molecule has 9 nitrogen and oxygen atoms in total. The van der Waals surface area contributed by atoms with Crippen molar-refractivity contribution >= 4 is 28.4 Å².